The van der Waals surface area contributed by atoms with Gasteiger partial charge < -0.3 is 27.5 Å². The van der Waals surface area contributed by atoms with E-state index in [2.05, 4.69) is 100 Å². The van der Waals surface area contributed by atoms with Crippen molar-refractivity contribution in [3.8, 4) is 0 Å². The highest BCUT2D eigenvalue weighted by atomic mass is 28.4. The molecule has 1 saturated heterocycles. The molecule has 32 heavy (non-hydrogen) atoms. The molecule has 0 aromatic rings. The van der Waals surface area contributed by atoms with Crippen LogP contribution in [0.3, 0.4) is 0 Å². The first kappa shape index (κ1) is 30.4. The van der Waals surface area contributed by atoms with Crippen molar-refractivity contribution < 1.29 is 27.5 Å². The van der Waals surface area contributed by atoms with Gasteiger partial charge in [0.1, 0.15) is 24.4 Å². The smallest absolute Gasteiger partial charge is 0.187 e. The molecule has 0 amide bonds. The van der Waals surface area contributed by atoms with Gasteiger partial charge in [0.15, 0.2) is 31.2 Å². The maximum Gasteiger partial charge on any atom is 0.187 e. The van der Waals surface area contributed by atoms with Gasteiger partial charge in [0.2, 0.25) is 0 Å². The van der Waals surface area contributed by atoms with Crippen molar-refractivity contribution in [2.45, 2.75) is 142 Å². The number of hydrogen-bond donors (Lipinski definition) is 0. The Labute approximate surface area is 201 Å². The molecule has 1 aliphatic heterocycles. The van der Waals surface area contributed by atoms with Crippen LogP contribution in [0.2, 0.25) is 58.9 Å². The molecule has 192 valence electrons. The largest absolute Gasteiger partial charge is 0.415 e. The van der Waals surface area contributed by atoms with Crippen LogP contribution in [0.5, 0.6) is 0 Å². The highest BCUT2D eigenvalue weighted by Gasteiger charge is 2.54. The van der Waals surface area contributed by atoms with Crippen LogP contribution >= 0.6 is 0 Å². The molecular weight excluding hydrogens is 457 g/mol. The van der Waals surface area contributed by atoms with E-state index in [0.717, 1.165) is 0 Å². The fourth-order valence-electron chi connectivity index (χ4n) is 3.45. The molecule has 0 aromatic carbocycles. The van der Waals surface area contributed by atoms with E-state index in [1.807, 2.05) is 0 Å². The highest BCUT2D eigenvalue weighted by Crippen LogP contribution is 2.37. The Morgan fingerprint density at radius 1 is 0.688 bits per heavy atom. The summed E-state index contributed by atoms with van der Waals surface area (Å²) in [6.45, 7) is 32.5. The molecule has 1 heterocycles. The second-order valence-electron chi connectivity index (χ2n) is 13.8. The summed E-state index contributed by atoms with van der Waals surface area (Å²) in [4.78, 5) is 0. The number of ether oxygens (including phenoxy) is 3. The van der Waals surface area contributed by atoms with Gasteiger partial charge in [-0.25, -0.2) is 0 Å². The zero-order valence-corrected chi connectivity index (χ0v) is 26.5. The van der Waals surface area contributed by atoms with Crippen molar-refractivity contribution >= 4 is 25.0 Å². The molecule has 0 N–H and O–H groups in total. The molecule has 0 bridgehead atoms. The molecule has 0 aromatic heterocycles. The average Bonchev–Trinajstić information content (AvgIpc) is 2.74. The molecule has 0 saturated carbocycles. The van der Waals surface area contributed by atoms with Crippen molar-refractivity contribution in [3.63, 3.8) is 0 Å². The van der Waals surface area contributed by atoms with E-state index in [9.17, 15) is 0 Å². The van der Waals surface area contributed by atoms with E-state index in [-0.39, 0.29) is 35.6 Å². The van der Waals surface area contributed by atoms with E-state index < -0.39 is 31.2 Å². The Morgan fingerprint density at radius 3 is 1.56 bits per heavy atom. The van der Waals surface area contributed by atoms with Gasteiger partial charge in [-0.05, 0) is 100 Å². The van der Waals surface area contributed by atoms with E-state index >= 15 is 0 Å². The SMILES string of the molecule is CC(C)(C)O[C@@H]1[C@H](O[Si](C)(C)C)[C@@H](O[Si](C)(C)C)O[C@@H]1[C@H](CO[Si](C)(C)C)OC(C)(C)C. The second kappa shape index (κ2) is 10.6. The number of rotatable bonds is 10. The Bertz CT molecular complexity index is 581. The summed E-state index contributed by atoms with van der Waals surface area (Å²) in [6, 6.07) is 0. The minimum absolute atomic E-state index is 0.294. The van der Waals surface area contributed by atoms with Gasteiger partial charge in [-0.3, -0.25) is 0 Å². The predicted molar refractivity (Wildman–Crippen MR) is 140 cm³/mol. The Kier molecular flexibility index (Phi) is 10.1. The number of hydrogen-bond acceptors (Lipinski definition) is 6. The van der Waals surface area contributed by atoms with Gasteiger partial charge in [-0.15, -0.1) is 0 Å². The van der Waals surface area contributed by atoms with Crippen LogP contribution in [-0.2, 0) is 27.5 Å². The predicted octanol–water partition coefficient (Wildman–Crippen LogP) is 6.00. The van der Waals surface area contributed by atoms with Gasteiger partial charge in [0.05, 0.1) is 17.8 Å². The molecule has 1 aliphatic rings. The Hall–Kier alpha value is 0.411. The fraction of sp³-hybridized carbons (Fsp3) is 1.00. The third-order valence-corrected chi connectivity index (χ3v) is 7.16. The normalized spacial score (nSPS) is 27.1. The van der Waals surface area contributed by atoms with Gasteiger partial charge in [0.25, 0.3) is 0 Å². The second-order valence-corrected chi connectivity index (χ2v) is 27.2. The van der Waals surface area contributed by atoms with Crippen LogP contribution in [-0.4, -0.2) is 73.5 Å². The molecule has 1 fully saturated rings. The first-order chi connectivity index (χ1) is 14.0. The van der Waals surface area contributed by atoms with Gasteiger partial charge in [-0.1, -0.05) is 0 Å². The molecule has 6 nitrogen and oxygen atoms in total. The summed E-state index contributed by atoms with van der Waals surface area (Å²) in [5.74, 6) is 0. The molecule has 5 atom stereocenters. The van der Waals surface area contributed by atoms with Crippen LogP contribution in [0.15, 0.2) is 0 Å². The van der Waals surface area contributed by atoms with Crippen LogP contribution in [0.1, 0.15) is 41.5 Å². The maximum atomic E-state index is 6.67. The lowest BCUT2D eigenvalue weighted by molar-refractivity contribution is -0.188. The van der Waals surface area contributed by atoms with Gasteiger partial charge >= 0.3 is 0 Å². The summed E-state index contributed by atoms with van der Waals surface area (Å²) in [6.07, 6.45) is -1.76. The lowest BCUT2D eigenvalue weighted by atomic mass is 10.0. The van der Waals surface area contributed by atoms with E-state index in [0.29, 0.717) is 6.61 Å². The summed E-state index contributed by atoms with van der Waals surface area (Å²) >= 11 is 0. The summed E-state index contributed by atoms with van der Waals surface area (Å²) in [5, 5.41) is 0. The van der Waals surface area contributed by atoms with Crippen LogP contribution in [0, 0.1) is 0 Å². The molecule has 0 spiro atoms. The van der Waals surface area contributed by atoms with Crippen molar-refractivity contribution in [1.82, 2.24) is 0 Å². The highest BCUT2D eigenvalue weighted by molar-refractivity contribution is 6.70. The quantitative estimate of drug-likeness (QED) is 0.337. The van der Waals surface area contributed by atoms with Crippen molar-refractivity contribution in [2.75, 3.05) is 6.61 Å². The van der Waals surface area contributed by atoms with Crippen LogP contribution < -0.4 is 0 Å². The van der Waals surface area contributed by atoms with Crippen LogP contribution in [0.4, 0.5) is 0 Å². The van der Waals surface area contributed by atoms with Crippen molar-refractivity contribution in [2.24, 2.45) is 0 Å². The average molecular weight is 509 g/mol. The van der Waals surface area contributed by atoms with E-state index in [1.54, 1.807) is 0 Å². The lowest BCUT2D eigenvalue weighted by Gasteiger charge is -2.38. The molecule has 0 aliphatic carbocycles. The molecule has 0 unspecified atom stereocenters. The summed E-state index contributed by atoms with van der Waals surface area (Å²) < 4.78 is 39.3. The first-order valence-corrected chi connectivity index (χ1v) is 22.2. The van der Waals surface area contributed by atoms with E-state index in [4.69, 9.17) is 27.5 Å². The Morgan fingerprint density at radius 2 is 1.19 bits per heavy atom. The topological polar surface area (TPSA) is 55.4 Å². The first-order valence-electron chi connectivity index (χ1n) is 12.0. The molecule has 0 radical (unpaired) electrons. The molecule has 9 heteroatoms. The minimum atomic E-state index is -1.91. The summed E-state index contributed by atoms with van der Waals surface area (Å²) in [5.41, 5.74) is -0.719. The minimum Gasteiger partial charge on any atom is -0.415 e. The van der Waals surface area contributed by atoms with E-state index in [1.165, 1.54) is 0 Å². The fourth-order valence-corrected chi connectivity index (χ4v) is 6.06. The van der Waals surface area contributed by atoms with Gasteiger partial charge in [0, 0.05) is 0 Å². The van der Waals surface area contributed by atoms with Crippen molar-refractivity contribution in [1.29, 1.82) is 0 Å². The lowest BCUT2D eigenvalue weighted by Crippen LogP contribution is -2.52. The zero-order valence-electron chi connectivity index (χ0n) is 23.5. The third-order valence-electron chi connectivity index (χ3n) is 4.21. The Balaban J connectivity index is 3.41. The van der Waals surface area contributed by atoms with Gasteiger partial charge in [-0.2, -0.15) is 0 Å². The summed E-state index contributed by atoms with van der Waals surface area (Å²) in [7, 11) is -5.55. The third kappa shape index (κ3) is 12.2. The molecule has 1 rings (SSSR count). The van der Waals surface area contributed by atoms with Crippen LogP contribution in [0.25, 0.3) is 0 Å². The standard InChI is InChI=1S/C23H52O6Si3/c1-22(2,3)26-17(16-24-30(7,8)9)18-19(27-23(4,5)6)20(28-31(10,11)12)21(25-18)29-32(13,14)15/h17-21H,16H2,1-15H3/t17-,18+,19-,20-,21+/m0/s1. The molecular formula is C23H52O6Si3. The zero-order chi connectivity index (χ0) is 25.3. The van der Waals surface area contributed by atoms with Crippen molar-refractivity contribution in [3.05, 3.63) is 0 Å². The monoisotopic (exact) mass is 508 g/mol. The maximum absolute atomic E-state index is 6.67.